The Kier molecular flexibility index (Phi) is 6.95. The van der Waals surface area contributed by atoms with Gasteiger partial charge >= 0.3 is 0 Å². The van der Waals surface area contributed by atoms with E-state index >= 15 is 0 Å². The Morgan fingerprint density at radius 1 is 1.38 bits per heavy atom. The van der Waals surface area contributed by atoms with Crippen molar-refractivity contribution in [3.63, 3.8) is 0 Å². The predicted molar refractivity (Wildman–Crippen MR) is 87.2 cm³/mol. The molecule has 0 bridgehead atoms. The van der Waals surface area contributed by atoms with Crippen LogP contribution in [0.3, 0.4) is 0 Å². The summed E-state index contributed by atoms with van der Waals surface area (Å²) in [4.78, 5) is 22.9. The van der Waals surface area contributed by atoms with Gasteiger partial charge in [0.2, 0.25) is 11.8 Å². The van der Waals surface area contributed by atoms with Crippen LogP contribution in [-0.4, -0.2) is 24.9 Å². The topological polar surface area (TPSA) is 70.2 Å². The van der Waals surface area contributed by atoms with Crippen LogP contribution in [0.1, 0.15) is 19.8 Å². The number of hydrogen-bond donors (Lipinski definition) is 3. The van der Waals surface area contributed by atoms with Crippen LogP contribution in [0.4, 0.5) is 11.4 Å². The second kappa shape index (κ2) is 8.22. The van der Waals surface area contributed by atoms with Crippen molar-refractivity contribution in [1.29, 1.82) is 0 Å². The Morgan fingerprint density at radius 2 is 2.14 bits per heavy atom. The third-order valence-electron chi connectivity index (χ3n) is 3.20. The van der Waals surface area contributed by atoms with Gasteiger partial charge in [-0.1, -0.05) is 11.6 Å². The highest BCUT2D eigenvalue weighted by molar-refractivity contribution is 6.34. The molecule has 1 heterocycles. The quantitative estimate of drug-likeness (QED) is 0.794. The maximum atomic E-state index is 11.9. The van der Waals surface area contributed by atoms with E-state index in [0.29, 0.717) is 28.7 Å². The summed E-state index contributed by atoms with van der Waals surface area (Å²) < 4.78 is 0. The first kappa shape index (κ1) is 17.8. The van der Waals surface area contributed by atoms with E-state index in [1.54, 1.807) is 18.2 Å². The van der Waals surface area contributed by atoms with Crippen molar-refractivity contribution >= 4 is 47.2 Å². The zero-order chi connectivity index (χ0) is 14.5. The van der Waals surface area contributed by atoms with E-state index in [1.807, 2.05) is 0 Å². The molecule has 21 heavy (non-hydrogen) atoms. The first-order chi connectivity index (χ1) is 9.54. The largest absolute Gasteiger partial charge is 0.326 e. The molecular formula is C14H19Cl2N3O2. The first-order valence-electron chi connectivity index (χ1n) is 6.62. The Balaban J connectivity index is 0.00000220. The third-order valence-corrected chi connectivity index (χ3v) is 3.51. The summed E-state index contributed by atoms with van der Waals surface area (Å²) in [5.41, 5.74) is 1.18. The van der Waals surface area contributed by atoms with Gasteiger partial charge in [-0.05, 0) is 43.6 Å². The first-order valence-corrected chi connectivity index (χ1v) is 7.00. The van der Waals surface area contributed by atoms with Gasteiger partial charge < -0.3 is 16.0 Å². The number of halogens is 2. The minimum Gasteiger partial charge on any atom is -0.326 e. The van der Waals surface area contributed by atoms with Crippen molar-refractivity contribution in [2.75, 3.05) is 23.7 Å². The Labute approximate surface area is 135 Å². The van der Waals surface area contributed by atoms with Gasteiger partial charge in [0.15, 0.2) is 0 Å². The van der Waals surface area contributed by atoms with Crippen LogP contribution in [0.5, 0.6) is 0 Å². The summed E-state index contributed by atoms with van der Waals surface area (Å²) in [6.45, 7) is 3.30. The zero-order valence-corrected chi connectivity index (χ0v) is 13.3. The maximum Gasteiger partial charge on any atom is 0.224 e. The number of rotatable bonds is 4. The molecule has 5 nitrogen and oxygen atoms in total. The summed E-state index contributed by atoms with van der Waals surface area (Å²) in [7, 11) is 0. The van der Waals surface area contributed by atoms with Crippen LogP contribution < -0.4 is 16.0 Å². The van der Waals surface area contributed by atoms with E-state index in [1.165, 1.54) is 6.92 Å². The van der Waals surface area contributed by atoms with Gasteiger partial charge in [-0.15, -0.1) is 12.4 Å². The van der Waals surface area contributed by atoms with Crippen molar-refractivity contribution in [2.45, 2.75) is 19.8 Å². The fraction of sp³-hybridized carbons (Fsp3) is 0.429. The smallest absolute Gasteiger partial charge is 0.224 e. The number of anilines is 2. The van der Waals surface area contributed by atoms with E-state index in [4.69, 9.17) is 11.6 Å². The fourth-order valence-electron chi connectivity index (χ4n) is 2.25. The second-order valence-electron chi connectivity index (χ2n) is 4.99. The number of nitrogens with one attached hydrogen (secondary N) is 3. The summed E-state index contributed by atoms with van der Waals surface area (Å²) >= 11 is 6.05. The average Bonchev–Trinajstić information content (AvgIpc) is 2.85. The van der Waals surface area contributed by atoms with Gasteiger partial charge in [-0.25, -0.2) is 0 Å². The zero-order valence-electron chi connectivity index (χ0n) is 11.7. The van der Waals surface area contributed by atoms with Gasteiger partial charge in [-0.3, -0.25) is 9.59 Å². The minimum absolute atomic E-state index is 0. The van der Waals surface area contributed by atoms with Crippen LogP contribution in [0, 0.1) is 5.92 Å². The summed E-state index contributed by atoms with van der Waals surface area (Å²) in [6.07, 6.45) is 1.55. The van der Waals surface area contributed by atoms with Crippen LogP contribution in [0.2, 0.25) is 5.02 Å². The van der Waals surface area contributed by atoms with E-state index in [2.05, 4.69) is 16.0 Å². The molecule has 1 aromatic carbocycles. The van der Waals surface area contributed by atoms with E-state index in [9.17, 15) is 9.59 Å². The van der Waals surface area contributed by atoms with Crippen LogP contribution in [0.15, 0.2) is 18.2 Å². The average molecular weight is 332 g/mol. The van der Waals surface area contributed by atoms with Gasteiger partial charge in [0.25, 0.3) is 0 Å². The molecule has 0 aromatic heterocycles. The molecule has 2 amide bonds. The van der Waals surface area contributed by atoms with Crippen LogP contribution in [0.25, 0.3) is 0 Å². The molecule has 1 aliphatic heterocycles. The Hall–Kier alpha value is -1.30. The van der Waals surface area contributed by atoms with Gasteiger partial charge in [-0.2, -0.15) is 0 Å². The molecule has 3 N–H and O–H groups in total. The minimum atomic E-state index is -0.183. The van der Waals surface area contributed by atoms with Crippen LogP contribution in [-0.2, 0) is 9.59 Å². The van der Waals surface area contributed by atoms with E-state index < -0.39 is 0 Å². The molecule has 1 aliphatic rings. The maximum absolute atomic E-state index is 11.9. The van der Waals surface area contributed by atoms with Crippen molar-refractivity contribution in [3.05, 3.63) is 23.2 Å². The van der Waals surface area contributed by atoms with Gasteiger partial charge in [0, 0.05) is 19.0 Å². The number of amides is 2. The molecule has 0 spiro atoms. The number of carbonyl (C=O) groups is 2. The molecule has 1 aromatic rings. The third kappa shape index (κ3) is 5.53. The molecule has 0 aliphatic carbocycles. The number of benzene rings is 1. The molecular weight excluding hydrogens is 313 g/mol. The fourth-order valence-corrected chi connectivity index (χ4v) is 2.47. The van der Waals surface area contributed by atoms with Crippen molar-refractivity contribution in [1.82, 2.24) is 5.32 Å². The predicted octanol–water partition coefficient (Wildman–Crippen LogP) is 2.66. The molecule has 2 rings (SSSR count). The highest BCUT2D eigenvalue weighted by atomic mass is 35.5. The number of carbonyl (C=O) groups excluding carboxylic acids is 2. The van der Waals surface area contributed by atoms with Crippen molar-refractivity contribution in [2.24, 2.45) is 5.92 Å². The summed E-state index contributed by atoms with van der Waals surface area (Å²) in [5, 5.41) is 9.09. The lowest BCUT2D eigenvalue weighted by Gasteiger charge is -2.11. The molecule has 1 atom stereocenters. The monoisotopic (exact) mass is 331 g/mol. The SMILES string of the molecule is CC(=O)Nc1ccc(NC(=O)CC2CCNC2)cc1Cl.Cl. The lowest BCUT2D eigenvalue weighted by Crippen LogP contribution is -2.18. The van der Waals surface area contributed by atoms with Crippen molar-refractivity contribution < 1.29 is 9.59 Å². The van der Waals surface area contributed by atoms with E-state index in [0.717, 1.165) is 19.5 Å². The molecule has 1 fully saturated rings. The lowest BCUT2D eigenvalue weighted by atomic mass is 10.0. The molecule has 0 saturated carbocycles. The molecule has 7 heteroatoms. The van der Waals surface area contributed by atoms with Gasteiger partial charge in [0.05, 0.1) is 10.7 Å². The van der Waals surface area contributed by atoms with Crippen LogP contribution >= 0.6 is 24.0 Å². The summed E-state index contributed by atoms with van der Waals surface area (Å²) in [6, 6.07) is 5.04. The van der Waals surface area contributed by atoms with Crippen molar-refractivity contribution in [3.8, 4) is 0 Å². The normalized spacial score (nSPS) is 17.0. The number of hydrogen-bond acceptors (Lipinski definition) is 3. The lowest BCUT2D eigenvalue weighted by molar-refractivity contribution is -0.117. The highest BCUT2D eigenvalue weighted by Crippen LogP contribution is 2.26. The van der Waals surface area contributed by atoms with E-state index in [-0.39, 0.29) is 24.2 Å². The highest BCUT2D eigenvalue weighted by Gasteiger charge is 2.18. The summed E-state index contributed by atoms with van der Waals surface area (Å²) in [5.74, 6) is 0.212. The second-order valence-corrected chi connectivity index (χ2v) is 5.39. The Morgan fingerprint density at radius 3 is 2.71 bits per heavy atom. The Bertz CT molecular complexity index is 517. The molecule has 1 unspecified atom stereocenters. The molecule has 116 valence electrons. The molecule has 1 saturated heterocycles. The van der Waals surface area contributed by atoms with Gasteiger partial charge in [0.1, 0.15) is 0 Å². The standard InChI is InChI=1S/C14H18ClN3O2.ClH/c1-9(19)17-13-3-2-11(7-12(13)15)18-14(20)6-10-4-5-16-8-10;/h2-3,7,10,16H,4-6,8H2,1H3,(H,17,19)(H,18,20);1H. The molecule has 0 radical (unpaired) electrons.